The van der Waals surface area contributed by atoms with Crippen LogP contribution in [0.2, 0.25) is 0 Å². The molecule has 0 spiro atoms. The second-order valence-electron chi connectivity index (χ2n) is 4.50. The second kappa shape index (κ2) is 5.86. The average molecular weight is 325 g/mol. The average Bonchev–Trinajstić information content (AvgIpc) is 2.73. The van der Waals surface area contributed by atoms with Gasteiger partial charge in [0.2, 0.25) is 0 Å². The van der Waals surface area contributed by atoms with Crippen molar-refractivity contribution in [2.45, 2.75) is 26.1 Å². The van der Waals surface area contributed by atoms with E-state index in [-0.39, 0.29) is 0 Å². The zero-order valence-corrected chi connectivity index (χ0v) is 12.5. The van der Waals surface area contributed by atoms with Crippen molar-refractivity contribution >= 4 is 15.9 Å². The van der Waals surface area contributed by atoms with E-state index >= 15 is 0 Å². The Labute approximate surface area is 120 Å². The summed E-state index contributed by atoms with van der Waals surface area (Å²) in [6.45, 7) is 3.73. The SMILES string of the molecule is Cc1nn(-c2ccccc2)c(C)c1C(O)C(O)CBr. The van der Waals surface area contributed by atoms with Crippen LogP contribution < -0.4 is 0 Å². The molecule has 0 saturated heterocycles. The third-order valence-corrected chi connectivity index (χ3v) is 3.83. The highest BCUT2D eigenvalue weighted by Gasteiger charge is 2.25. The van der Waals surface area contributed by atoms with Gasteiger partial charge in [0.15, 0.2) is 0 Å². The maximum Gasteiger partial charge on any atom is 0.109 e. The number of rotatable bonds is 4. The molecular formula is C14H17BrN2O2. The van der Waals surface area contributed by atoms with Crippen molar-refractivity contribution in [1.29, 1.82) is 0 Å². The summed E-state index contributed by atoms with van der Waals surface area (Å²) in [5, 5.41) is 24.7. The molecule has 0 saturated carbocycles. The van der Waals surface area contributed by atoms with E-state index in [1.165, 1.54) is 0 Å². The summed E-state index contributed by atoms with van der Waals surface area (Å²) in [6, 6.07) is 9.73. The van der Waals surface area contributed by atoms with Crippen molar-refractivity contribution in [1.82, 2.24) is 9.78 Å². The van der Waals surface area contributed by atoms with E-state index in [4.69, 9.17) is 0 Å². The molecule has 2 unspecified atom stereocenters. The second-order valence-corrected chi connectivity index (χ2v) is 5.15. The van der Waals surface area contributed by atoms with Crippen molar-refractivity contribution in [2.75, 3.05) is 5.33 Å². The number of aliphatic hydroxyl groups excluding tert-OH is 2. The Balaban J connectivity index is 2.46. The van der Waals surface area contributed by atoms with Crippen LogP contribution in [0.15, 0.2) is 30.3 Å². The van der Waals surface area contributed by atoms with Gasteiger partial charge in [0, 0.05) is 16.6 Å². The number of aryl methyl sites for hydroxylation is 1. The molecule has 19 heavy (non-hydrogen) atoms. The molecule has 0 fully saturated rings. The van der Waals surface area contributed by atoms with Crippen LogP contribution in [-0.4, -0.2) is 31.4 Å². The Morgan fingerprint density at radius 3 is 2.42 bits per heavy atom. The largest absolute Gasteiger partial charge is 0.389 e. The van der Waals surface area contributed by atoms with Crippen molar-refractivity contribution < 1.29 is 10.2 Å². The molecular weight excluding hydrogens is 308 g/mol. The minimum atomic E-state index is -0.933. The third kappa shape index (κ3) is 2.73. The Hall–Kier alpha value is -1.17. The quantitative estimate of drug-likeness (QED) is 0.848. The van der Waals surface area contributed by atoms with Crippen LogP contribution >= 0.6 is 15.9 Å². The van der Waals surface area contributed by atoms with E-state index in [0.29, 0.717) is 10.9 Å². The molecule has 0 bridgehead atoms. The number of halogens is 1. The molecule has 0 aliphatic carbocycles. The first kappa shape index (κ1) is 14.2. The van der Waals surface area contributed by atoms with Crippen LogP contribution in [0.3, 0.4) is 0 Å². The standard InChI is InChI=1S/C14H17BrN2O2/c1-9-13(14(19)12(18)8-15)10(2)17(16-9)11-6-4-3-5-7-11/h3-7,12,14,18-19H,8H2,1-2H3. The van der Waals surface area contributed by atoms with Crippen LogP contribution in [0.1, 0.15) is 23.1 Å². The van der Waals surface area contributed by atoms with Crippen LogP contribution in [0, 0.1) is 13.8 Å². The fourth-order valence-electron chi connectivity index (χ4n) is 2.18. The molecule has 0 aliphatic rings. The fourth-order valence-corrected chi connectivity index (χ4v) is 2.53. The molecule has 2 rings (SSSR count). The van der Waals surface area contributed by atoms with E-state index in [1.54, 1.807) is 4.68 Å². The summed E-state index contributed by atoms with van der Waals surface area (Å²) >= 11 is 3.18. The number of para-hydroxylation sites is 1. The normalized spacial score (nSPS) is 14.4. The molecule has 0 aliphatic heterocycles. The van der Waals surface area contributed by atoms with Gasteiger partial charge in [-0.3, -0.25) is 0 Å². The molecule has 1 aromatic carbocycles. The van der Waals surface area contributed by atoms with Crippen molar-refractivity contribution in [2.24, 2.45) is 0 Å². The summed E-state index contributed by atoms with van der Waals surface area (Å²) in [5.74, 6) is 0. The monoisotopic (exact) mass is 324 g/mol. The summed E-state index contributed by atoms with van der Waals surface area (Å²) in [5.41, 5.74) is 3.20. The van der Waals surface area contributed by atoms with Gasteiger partial charge < -0.3 is 10.2 Å². The highest BCUT2D eigenvalue weighted by molar-refractivity contribution is 9.09. The Morgan fingerprint density at radius 1 is 1.21 bits per heavy atom. The lowest BCUT2D eigenvalue weighted by Gasteiger charge is -2.16. The topological polar surface area (TPSA) is 58.3 Å². The molecule has 102 valence electrons. The Morgan fingerprint density at radius 2 is 1.84 bits per heavy atom. The summed E-state index contributed by atoms with van der Waals surface area (Å²) in [4.78, 5) is 0. The van der Waals surface area contributed by atoms with Crippen molar-refractivity contribution in [3.63, 3.8) is 0 Å². The maximum atomic E-state index is 10.2. The Bertz CT molecular complexity index is 554. The van der Waals surface area contributed by atoms with Crippen molar-refractivity contribution in [3.05, 3.63) is 47.3 Å². The van der Waals surface area contributed by atoms with E-state index in [0.717, 1.165) is 17.1 Å². The highest BCUT2D eigenvalue weighted by Crippen LogP contribution is 2.26. The van der Waals surface area contributed by atoms with Crippen LogP contribution in [-0.2, 0) is 0 Å². The minimum absolute atomic E-state index is 0.323. The van der Waals surface area contributed by atoms with Gasteiger partial charge in [0.05, 0.1) is 17.5 Å². The summed E-state index contributed by atoms with van der Waals surface area (Å²) < 4.78 is 1.79. The number of benzene rings is 1. The third-order valence-electron chi connectivity index (χ3n) is 3.17. The molecule has 5 heteroatoms. The number of aromatic nitrogens is 2. The van der Waals surface area contributed by atoms with Gasteiger partial charge in [-0.15, -0.1) is 0 Å². The molecule has 2 atom stereocenters. The maximum absolute atomic E-state index is 10.2. The summed E-state index contributed by atoms with van der Waals surface area (Å²) in [6.07, 6.45) is -1.78. The van der Waals surface area contributed by atoms with Gasteiger partial charge in [0.1, 0.15) is 6.10 Å². The van der Waals surface area contributed by atoms with Crippen molar-refractivity contribution in [3.8, 4) is 5.69 Å². The predicted octanol–water partition coefficient (Wildman–Crippen LogP) is 2.28. The highest BCUT2D eigenvalue weighted by atomic mass is 79.9. The lowest BCUT2D eigenvalue weighted by molar-refractivity contribution is 0.0334. The fraction of sp³-hybridized carbons (Fsp3) is 0.357. The summed E-state index contributed by atoms with van der Waals surface area (Å²) in [7, 11) is 0. The lowest BCUT2D eigenvalue weighted by atomic mass is 10.0. The Kier molecular flexibility index (Phi) is 4.39. The van der Waals surface area contributed by atoms with Gasteiger partial charge in [-0.2, -0.15) is 5.10 Å². The van der Waals surface area contributed by atoms with Crippen LogP contribution in [0.25, 0.3) is 5.69 Å². The van der Waals surface area contributed by atoms with E-state index < -0.39 is 12.2 Å². The number of hydrogen-bond donors (Lipinski definition) is 2. The number of hydrogen-bond acceptors (Lipinski definition) is 3. The number of nitrogens with zero attached hydrogens (tertiary/aromatic N) is 2. The molecule has 1 aromatic heterocycles. The van der Waals surface area contributed by atoms with Gasteiger partial charge in [-0.05, 0) is 26.0 Å². The molecule has 0 radical (unpaired) electrons. The minimum Gasteiger partial charge on any atom is -0.389 e. The van der Waals surface area contributed by atoms with Gasteiger partial charge in [-0.1, -0.05) is 34.1 Å². The van der Waals surface area contributed by atoms with E-state index in [1.807, 2.05) is 44.2 Å². The molecule has 2 N–H and O–H groups in total. The lowest BCUT2D eigenvalue weighted by Crippen LogP contribution is -2.20. The van der Waals surface area contributed by atoms with E-state index in [2.05, 4.69) is 21.0 Å². The molecule has 1 heterocycles. The first-order chi connectivity index (χ1) is 9.06. The zero-order valence-electron chi connectivity index (χ0n) is 10.9. The van der Waals surface area contributed by atoms with Gasteiger partial charge >= 0.3 is 0 Å². The van der Waals surface area contributed by atoms with Crippen LogP contribution in [0.5, 0.6) is 0 Å². The molecule has 0 amide bonds. The molecule has 4 nitrogen and oxygen atoms in total. The van der Waals surface area contributed by atoms with Gasteiger partial charge in [0.25, 0.3) is 0 Å². The predicted molar refractivity (Wildman–Crippen MR) is 77.8 cm³/mol. The first-order valence-electron chi connectivity index (χ1n) is 6.10. The van der Waals surface area contributed by atoms with E-state index in [9.17, 15) is 10.2 Å². The van der Waals surface area contributed by atoms with Crippen LogP contribution in [0.4, 0.5) is 0 Å². The smallest absolute Gasteiger partial charge is 0.109 e. The zero-order chi connectivity index (χ0) is 14.0. The number of alkyl halides is 1. The molecule has 2 aromatic rings. The first-order valence-corrected chi connectivity index (χ1v) is 7.22. The number of aliphatic hydroxyl groups is 2. The van der Waals surface area contributed by atoms with Gasteiger partial charge in [-0.25, -0.2) is 4.68 Å².